The Morgan fingerprint density at radius 1 is 1.30 bits per heavy atom. The normalized spacial score (nSPS) is 12.1. The van der Waals surface area contributed by atoms with Gasteiger partial charge in [0, 0.05) is 19.1 Å². The average Bonchev–Trinajstić information content (AvgIpc) is 2.33. The molecule has 0 aromatic rings. The van der Waals surface area contributed by atoms with Gasteiger partial charge in [-0.1, -0.05) is 13.8 Å². The second-order valence-electron chi connectivity index (χ2n) is 5.55. The molecule has 0 aromatic heterocycles. The van der Waals surface area contributed by atoms with Gasteiger partial charge >= 0.3 is 12.0 Å². The minimum Gasteiger partial charge on any atom is -0.481 e. The summed E-state index contributed by atoms with van der Waals surface area (Å²) in [6, 6.07) is 1.66. The van der Waals surface area contributed by atoms with Gasteiger partial charge in [-0.2, -0.15) is 5.26 Å². The lowest BCUT2D eigenvalue weighted by atomic mass is 9.97. The number of nitriles is 1. The van der Waals surface area contributed by atoms with Crippen LogP contribution in [0.1, 0.15) is 40.5 Å². The van der Waals surface area contributed by atoms with Gasteiger partial charge in [0.2, 0.25) is 0 Å². The van der Waals surface area contributed by atoms with Crippen LogP contribution in [0.2, 0.25) is 0 Å². The molecular weight excluding hydrogens is 258 g/mol. The number of urea groups is 1. The summed E-state index contributed by atoms with van der Waals surface area (Å²) < 4.78 is 0. The Kier molecular flexibility index (Phi) is 8.37. The van der Waals surface area contributed by atoms with E-state index in [0.29, 0.717) is 13.0 Å². The molecule has 0 aliphatic heterocycles. The quantitative estimate of drug-likeness (QED) is 0.713. The minimum atomic E-state index is -0.896. The van der Waals surface area contributed by atoms with E-state index < -0.39 is 11.9 Å². The molecule has 0 rings (SSSR count). The molecule has 20 heavy (non-hydrogen) atoms. The lowest BCUT2D eigenvalue weighted by Gasteiger charge is -2.27. The number of nitrogens with one attached hydrogen (secondary N) is 1. The molecule has 0 aromatic carbocycles. The number of nitrogens with zero attached hydrogens (tertiary/aromatic N) is 2. The SMILES string of the molecule is CC(C)CC(CNC(=O)N(CCC#N)C(C)C)C(=O)O. The van der Waals surface area contributed by atoms with Crippen LogP contribution in [-0.4, -0.2) is 41.1 Å². The number of amides is 2. The third-order valence-corrected chi connectivity index (χ3v) is 2.95. The Hall–Kier alpha value is -1.77. The van der Waals surface area contributed by atoms with Gasteiger partial charge in [0.1, 0.15) is 0 Å². The maximum absolute atomic E-state index is 12.0. The second-order valence-corrected chi connectivity index (χ2v) is 5.55. The van der Waals surface area contributed by atoms with Crippen LogP contribution in [-0.2, 0) is 4.79 Å². The molecular formula is C14H25N3O3. The van der Waals surface area contributed by atoms with Crippen LogP contribution in [0.4, 0.5) is 4.79 Å². The predicted molar refractivity (Wildman–Crippen MR) is 76.1 cm³/mol. The molecule has 0 fully saturated rings. The number of rotatable bonds is 8. The second kappa shape index (κ2) is 9.18. The first-order valence-electron chi connectivity index (χ1n) is 6.93. The molecule has 2 N–H and O–H groups in total. The molecule has 0 spiro atoms. The summed E-state index contributed by atoms with van der Waals surface area (Å²) in [6.45, 7) is 8.08. The summed E-state index contributed by atoms with van der Waals surface area (Å²) in [5.74, 6) is -1.22. The van der Waals surface area contributed by atoms with E-state index in [9.17, 15) is 9.59 Å². The van der Waals surface area contributed by atoms with Crippen molar-refractivity contribution in [1.29, 1.82) is 5.26 Å². The first-order chi connectivity index (χ1) is 9.29. The number of hydrogen-bond acceptors (Lipinski definition) is 3. The van der Waals surface area contributed by atoms with Crippen LogP contribution >= 0.6 is 0 Å². The Morgan fingerprint density at radius 2 is 1.90 bits per heavy atom. The van der Waals surface area contributed by atoms with Crippen LogP contribution in [0.5, 0.6) is 0 Å². The van der Waals surface area contributed by atoms with Crippen molar-refractivity contribution in [3.8, 4) is 6.07 Å². The largest absolute Gasteiger partial charge is 0.481 e. The lowest BCUT2D eigenvalue weighted by Crippen LogP contribution is -2.46. The third-order valence-electron chi connectivity index (χ3n) is 2.95. The molecule has 1 unspecified atom stereocenters. The van der Waals surface area contributed by atoms with Gasteiger partial charge in [-0.3, -0.25) is 4.79 Å². The molecule has 6 nitrogen and oxygen atoms in total. The smallest absolute Gasteiger partial charge is 0.317 e. The minimum absolute atomic E-state index is 0.0308. The van der Waals surface area contributed by atoms with E-state index in [0.717, 1.165) is 0 Å². The predicted octanol–water partition coefficient (Wildman–Crippen LogP) is 2.07. The van der Waals surface area contributed by atoms with Crippen LogP contribution in [0.3, 0.4) is 0 Å². The summed E-state index contributed by atoms with van der Waals surface area (Å²) in [7, 11) is 0. The van der Waals surface area contributed by atoms with E-state index in [-0.39, 0.29) is 31.0 Å². The Bertz CT molecular complexity index is 361. The molecule has 0 saturated heterocycles. The number of aliphatic carboxylic acids is 1. The van der Waals surface area contributed by atoms with E-state index in [1.54, 1.807) is 0 Å². The van der Waals surface area contributed by atoms with Gasteiger partial charge < -0.3 is 15.3 Å². The van der Waals surface area contributed by atoms with Crippen LogP contribution in [0.15, 0.2) is 0 Å². The molecule has 6 heteroatoms. The van der Waals surface area contributed by atoms with Crippen LogP contribution < -0.4 is 5.32 Å². The fraction of sp³-hybridized carbons (Fsp3) is 0.786. The number of carboxylic acid groups (broad SMARTS) is 1. The van der Waals surface area contributed by atoms with Crippen molar-refractivity contribution in [2.75, 3.05) is 13.1 Å². The summed E-state index contributed by atoms with van der Waals surface area (Å²) in [5.41, 5.74) is 0. The molecule has 1 atom stereocenters. The highest BCUT2D eigenvalue weighted by Crippen LogP contribution is 2.11. The zero-order valence-electron chi connectivity index (χ0n) is 12.7. The van der Waals surface area contributed by atoms with Crippen molar-refractivity contribution in [2.24, 2.45) is 11.8 Å². The first-order valence-corrected chi connectivity index (χ1v) is 6.93. The van der Waals surface area contributed by atoms with Gasteiger partial charge in [0.15, 0.2) is 0 Å². The van der Waals surface area contributed by atoms with Gasteiger partial charge in [-0.25, -0.2) is 4.79 Å². The fourth-order valence-corrected chi connectivity index (χ4v) is 1.92. The fourth-order valence-electron chi connectivity index (χ4n) is 1.92. The average molecular weight is 283 g/mol. The Labute approximate surface area is 120 Å². The van der Waals surface area contributed by atoms with Crippen molar-refractivity contribution in [1.82, 2.24) is 10.2 Å². The molecule has 114 valence electrons. The summed E-state index contributed by atoms with van der Waals surface area (Å²) in [4.78, 5) is 24.7. The monoisotopic (exact) mass is 283 g/mol. The van der Waals surface area contributed by atoms with Gasteiger partial charge in [-0.05, 0) is 26.2 Å². The Morgan fingerprint density at radius 3 is 2.30 bits per heavy atom. The summed E-state index contributed by atoms with van der Waals surface area (Å²) in [5, 5.41) is 20.4. The maximum Gasteiger partial charge on any atom is 0.317 e. The molecule has 0 heterocycles. The van der Waals surface area contributed by atoms with Crippen molar-refractivity contribution in [3.63, 3.8) is 0 Å². The first kappa shape index (κ1) is 18.2. The summed E-state index contributed by atoms with van der Waals surface area (Å²) >= 11 is 0. The highest BCUT2D eigenvalue weighted by molar-refractivity contribution is 5.76. The van der Waals surface area contributed by atoms with Gasteiger partial charge in [0.25, 0.3) is 0 Å². The zero-order chi connectivity index (χ0) is 15.7. The highest BCUT2D eigenvalue weighted by atomic mass is 16.4. The molecule has 0 radical (unpaired) electrons. The number of carboxylic acids is 1. The van der Waals surface area contributed by atoms with Gasteiger partial charge in [0.05, 0.1) is 18.4 Å². The molecule has 0 bridgehead atoms. The van der Waals surface area contributed by atoms with E-state index in [2.05, 4.69) is 5.32 Å². The topological polar surface area (TPSA) is 93.4 Å². The van der Waals surface area contributed by atoms with Gasteiger partial charge in [-0.15, -0.1) is 0 Å². The van der Waals surface area contributed by atoms with Crippen molar-refractivity contribution in [3.05, 3.63) is 0 Å². The molecule has 2 amide bonds. The van der Waals surface area contributed by atoms with Crippen LogP contribution in [0, 0.1) is 23.2 Å². The standard InChI is InChI=1S/C14H25N3O3/c1-10(2)8-12(13(18)19)9-16-14(20)17(11(3)4)7-5-6-15/h10-12H,5,7-9H2,1-4H3,(H,16,20)(H,18,19). The Balaban J connectivity index is 4.47. The van der Waals surface area contributed by atoms with E-state index in [1.807, 2.05) is 33.8 Å². The number of hydrogen-bond donors (Lipinski definition) is 2. The molecule has 0 aliphatic rings. The molecule has 0 saturated carbocycles. The maximum atomic E-state index is 12.0. The lowest BCUT2D eigenvalue weighted by molar-refractivity contribution is -0.142. The third kappa shape index (κ3) is 6.98. The summed E-state index contributed by atoms with van der Waals surface area (Å²) in [6.07, 6.45) is 0.787. The van der Waals surface area contributed by atoms with E-state index in [4.69, 9.17) is 10.4 Å². The van der Waals surface area contributed by atoms with Crippen LogP contribution in [0.25, 0.3) is 0 Å². The number of carbonyl (C=O) groups is 2. The van der Waals surface area contributed by atoms with Crippen molar-refractivity contribution >= 4 is 12.0 Å². The molecule has 0 aliphatic carbocycles. The highest BCUT2D eigenvalue weighted by Gasteiger charge is 2.22. The number of carbonyl (C=O) groups excluding carboxylic acids is 1. The zero-order valence-corrected chi connectivity index (χ0v) is 12.7. The van der Waals surface area contributed by atoms with E-state index in [1.165, 1.54) is 4.90 Å². The van der Waals surface area contributed by atoms with E-state index >= 15 is 0 Å². The van der Waals surface area contributed by atoms with Crippen molar-refractivity contribution < 1.29 is 14.7 Å². The van der Waals surface area contributed by atoms with Crippen molar-refractivity contribution in [2.45, 2.75) is 46.6 Å².